The molecule has 1 aliphatic heterocycles. The molecule has 2 unspecified atom stereocenters. The lowest BCUT2D eigenvalue weighted by Crippen LogP contribution is -2.43. The maximum atomic E-state index is 12.9. The van der Waals surface area contributed by atoms with Gasteiger partial charge in [0.05, 0.1) is 6.61 Å². The molecule has 2 aromatic carbocycles. The van der Waals surface area contributed by atoms with E-state index in [1.807, 2.05) is 30.3 Å². The molecule has 1 amide bonds. The lowest BCUT2D eigenvalue weighted by atomic mass is 9.78. The first kappa shape index (κ1) is 17.1. The minimum Gasteiger partial charge on any atom is -0.465 e. The molecule has 1 aliphatic carbocycles. The number of rotatable bonds is 5. The van der Waals surface area contributed by atoms with Crippen molar-refractivity contribution in [2.24, 2.45) is 5.41 Å². The molecule has 5 heteroatoms. The number of fused-ring (bicyclic) bond motifs is 3. The lowest BCUT2D eigenvalue weighted by molar-refractivity contribution is -0.154. The number of halogens is 1. The van der Waals surface area contributed by atoms with Crippen LogP contribution >= 0.6 is 11.6 Å². The van der Waals surface area contributed by atoms with Gasteiger partial charge in [0.25, 0.3) is 0 Å². The summed E-state index contributed by atoms with van der Waals surface area (Å²) in [5.74, 6) is -0.699. The molecule has 26 heavy (non-hydrogen) atoms. The highest BCUT2D eigenvalue weighted by Crippen LogP contribution is 2.71. The number of carbonyl (C=O) groups is 2. The van der Waals surface area contributed by atoms with Crippen molar-refractivity contribution in [3.05, 3.63) is 64.7 Å². The predicted molar refractivity (Wildman–Crippen MR) is 100 cm³/mol. The summed E-state index contributed by atoms with van der Waals surface area (Å²) in [6.07, 6.45) is 1.93. The van der Waals surface area contributed by atoms with E-state index in [-0.39, 0.29) is 12.5 Å². The molecular weight excluding hydrogens is 350 g/mol. The van der Waals surface area contributed by atoms with Gasteiger partial charge < -0.3 is 10.1 Å². The summed E-state index contributed by atoms with van der Waals surface area (Å²) in [4.78, 5) is 25.7. The Kier molecular flexibility index (Phi) is 4.03. The first-order valence-electron chi connectivity index (χ1n) is 8.86. The Bertz CT molecular complexity index is 882. The topological polar surface area (TPSA) is 55.4 Å². The van der Waals surface area contributed by atoms with E-state index in [0.717, 1.165) is 17.7 Å². The van der Waals surface area contributed by atoms with E-state index in [1.165, 1.54) is 5.56 Å². The van der Waals surface area contributed by atoms with Crippen molar-refractivity contribution < 1.29 is 14.3 Å². The molecule has 0 bridgehead atoms. The SMILES string of the molecule is CCOC(=O)C12CC1(CCc1ccccc1)c1cc(Cl)ccc1NC2=O. The van der Waals surface area contributed by atoms with Crippen molar-refractivity contribution in [3.8, 4) is 0 Å². The molecule has 134 valence electrons. The maximum absolute atomic E-state index is 12.9. The number of hydrogen-bond donors (Lipinski definition) is 1. The quantitative estimate of drug-likeness (QED) is 0.637. The van der Waals surface area contributed by atoms with E-state index in [2.05, 4.69) is 17.4 Å². The molecule has 4 nitrogen and oxygen atoms in total. The van der Waals surface area contributed by atoms with Crippen molar-refractivity contribution in [2.45, 2.75) is 31.6 Å². The summed E-state index contributed by atoms with van der Waals surface area (Å²) in [5.41, 5.74) is 1.16. The minimum absolute atomic E-state index is 0.255. The van der Waals surface area contributed by atoms with Gasteiger partial charge in [-0.05, 0) is 55.5 Å². The van der Waals surface area contributed by atoms with Crippen LogP contribution < -0.4 is 5.32 Å². The van der Waals surface area contributed by atoms with E-state index in [9.17, 15) is 9.59 Å². The Labute approximate surface area is 157 Å². The second-order valence-electron chi connectivity index (χ2n) is 7.01. The third-order valence-electron chi connectivity index (χ3n) is 5.70. The normalized spacial score (nSPS) is 25.7. The third kappa shape index (κ3) is 2.36. The highest BCUT2D eigenvalue weighted by Gasteiger charge is 2.79. The van der Waals surface area contributed by atoms with Crippen LogP contribution in [0.4, 0.5) is 5.69 Å². The summed E-state index contributed by atoms with van der Waals surface area (Å²) in [7, 11) is 0. The van der Waals surface area contributed by atoms with Crippen LogP contribution in [-0.4, -0.2) is 18.5 Å². The van der Waals surface area contributed by atoms with Crippen molar-refractivity contribution in [3.63, 3.8) is 0 Å². The number of esters is 1. The number of anilines is 1. The molecule has 0 spiro atoms. The zero-order valence-corrected chi connectivity index (χ0v) is 15.3. The fourth-order valence-electron chi connectivity index (χ4n) is 4.33. The highest BCUT2D eigenvalue weighted by atomic mass is 35.5. The zero-order chi connectivity index (χ0) is 18.4. The van der Waals surface area contributed by atoms with Gasteiger partial charge in [0.1, 0.15) is 0 Å². The fraction of sp³-hybridized carbons (Fsp3) is 0.333. The Morgan fingerprint density at radius 3 is 2.73 bits per heavy atom. The zero-order valence-electron chi connectivity index (χ0n) is 14.5. The third-order valence-corrected chi connectivity index (χ3v) is 5.93. The van der Waals surface area contributed by atoms with Crippen LogP contribution in [0, 0.1) is 5.41 Å². The van der Waals surface area contributed by atoms with Gasteiger partial charge in [-0.1, -0.05) is 41.9 Å². The Morgan fingerprint density at radius 1 is 1.23 bits per heavy atom. The van der Waals surface area contributed by atoms with Gasteiger partial charge in [-0.25, -0.2) is 0 Å². The van der Waals surface area contributed by atoms with Crippen LogP contribution in [0.2, 0.25) is 5.02 Å². The molecule has 2 aliphatic rings. The summed E-state index contributed by atoms with van der Waals surface area (Å²) in [5, 5.41) is 3.48. The molecule has 2 atom stereocenters. The molecule has 0 aromatic heterocycles. The smallest absolute Gasteiger partial charge is 0.322 e. The maximum Gasteiger partial charge on any atom is 0.322 e. The molecule has 2 aromatic rings. The van der Waals surface area contributed by atoms with Crippen LogP contribution in [0.3, 0.4) is 0 Å². The number of carbonyl (C=O) groups excluding carboxylic acids is 2. The van der Waals surface area contributed by atoms with E-state index < -0.39 is 16.8 Å². The van der Waals surface area contributed by atoms with Crippen molar-refractivity contribution in [1.82, 2.24) is 0 Å². The van der Waals surface area contributed by atoms with Crippen molar-refractivity contribution >= 4 is 29.2 Å². The van der Waals surface area contributed by atoms with E-state index in [1.54, 1.807) is 13.0 Å². The monoisotopic (exact) mass is 369 g/mol. The molecule has 1 saturated carbocycles. The Balaban J connectivity index is 1.76. The Morgan fingerprint density at radius 2 is 2.00 bits per heavy atom. The largest absolute Gasteiger partial charge is 0.465 e. The summed E-state index contributed by atoms with van der Waals surface area (Å²) >= 11 is 6.23. The molecule has 1 N–H and O–H groups in total. The predicted octanol–water partition coefficient (Wildman–Crippen LogP) is 4.12. The fourth-order valence-corrected chi connectivity index (χ4v) is 4.51. The molecule has 1 heterocycles. The second kappa shape index (κ2) is 6.13. The molecule has 4 rings (SSSR count). The van der Waals surface area contributed by atoms with Crippen molar-refractivity contribution in [2.75, 3.05) is 11.9 Å². The van der Waals surface area contributed by atoms with E-state index in [4.69, 9.17) is 16.3 Å². The average Bonchev–Trinajstić information content (AvgIpc) is 3.35. The molecule has 0 radical (unpaired) electrons. The number of hydrogen-bond acceptors (Lipinski definition) is 3. The van der Waals surface area contributed by atoms with Gasteiger partial charge in [0.15, 0.2) is 5.41 Å². The lowest BCUT2D eigenvalue weighted by Gasteiger charge is -2.31. The Hall–Kier alpha value is -2.33. The second-order valence-corrected chi connectivity index (χ2v) is 7.45. The van der Waals surface area contributed by atoms with Gasteiger partial charge in [-0.3, -0.25) is 9.59 Å². The van der Waals surface area contributed by atoms with Crippen molar-refractivity contribution in [1.29, 1.82) is 0 Å². The highest BCUT2D eigenvalue weighted by molar-refractivity contribution is 6.31. The first-order chi connectivity index (χ1) is 12.5. The summed E-state index contributed by atoms with van der Waals surface area (Å²) in [6.45, 7) is 2.01. The van der Waals surface area contributed by atoms with Gasteiger partial charge in [0.2, 0.25) is 5.91 Å². The number of nitrogens with one attached hydrogen (secondary N) is 1. The van der Waals surface area contributed by atoms with Crippen LogP contribution in [-0.2, 0) is 26.2 Å². The number of aryl methyl sites for hydroxylation is 1. The standard InChI is InChI=1S/C21H20ClNO3/c1-2-26-19(25)21-13-20(21,11-10-14-6-4-3-5-7-14)16-12-15(22)8-9-17(16)23-18(21)24/h3-9,12H,2,10-11,13H2,1H3,(H,23,24). The summed E-state index contributed by atoms with van der Waals surface area (Å²) < 4.78 is 5.29. The van der Waals surface area contributed by atoms with Gasteiger partial charge >= 0.3 is 5.97 Å². The van der Waals surface area contributed by atoms with Crippen LogP contribution in [0.1, 0.15) is 30.9 Å². The first-order valence-corrected chi connectivity index (χ1v) is 9.24. The molecule has 1 fully saturated rings. The van der Waals surface area contributed by atoms with Crippen LogP contribution in [0.15, 0.2) is 48.5 Å². The average molecular weight is 370 g/mol. The summed E-state index contributed by atoms with van der Waals surface area (Å²) in [6, 6.07) is 15.5. The minimum atomic E-state index is -1.14. The van der Waals surface area contributed by atoms with E-state index >= 15 is 0 Å². The van der Waals surface area contributed by atoms with Gasteiger partial charge in [0, 0.05) is 16.1 Å². The van der Waals surface area contributed by atoms with Crippen LogP contribution in [0.25, 0.3) is 0 Å². The van der Waals surface area contributed by atoms with Gasteiger partial charge in [-0.2, -0.15) is 0 Å². The number of amides is 1. The number of ether oxygens (including phenoxy) is 1. The number of benzene rings is 2. The van der Waals surface area contributed by atoms with Gasteiger partial charge in [-0.15, -0.1) is 0 Å². The van der Waals surface area contributed by atoms with E-state index in [0.29, 0.717) is 17.9 Å². The van der Waals surface area contributed by atoms with Crippen LogP contribution in [0.5, 0.6) is 0 Å². The molecule has 0 saturated heterocycles. The molecular formula is C21H20ClNO3.